The molecular formula is C25H38F2N4O3. The van der Waals surface area contributed by atoms with Gasteiger partial charge in [0.05, 0.1) is 6.04 Å². The molecule has 1 aromatic carbocycles. The third kappa shape index (κ3) is 7.48. The first kappa shape index (κ1) is 27.7. The number of carbonyl (C=O) groups excluding carboxylic acids is 3. The second-order valence-electron chi connectivity index (χ2n) is 9.97. The summed E-state index contributed by atoms with van der Waals surface area (Å²) < 4.78 is 26.7. The van der Waals surface area contributed by atoms with Crippen LogP contribution in [0.25, 0.3) is 0 Å². The number of halogens is 2. The zero-order valence-electron chi connectivity index (χ0n) is 20.8. The van der Waals surface area contributed by atoms with E-state index in [0.717, 1.165) is 5.56 Å². The summed E-state index contributed by atoms with van der Waals surface area (Å²) in [6.45, 7) is 7.97. The van der Waals surface area contributed by atoms with Gasteiger partial charge in [0, 0.05) is 25.7 Å². The normalized spacial score (nSPS) is 18.0. The second kappa shape index (κ2) is 12.2. The Morgan fingerprint density at radius 1 is 1.18 bits per heavy atom. The van der Waals surface area contributed by atoms with Gasteiger partial charge in [-0.1, -0.05) is 51.1 Å². The molecule has 1 aromatic rings. The first-order chi connectivity index (χ1) is 16.0. The van der Waals surface area contributed by atoms with Crippen molar-refractivity contribution in [2.45, 2.75) is 71.5 Å². The van der Waals surface area contributed by atoms with Crippen molar-refractivity contribution in [1.82, 2.24) is 20.4 Å². The Balaban J connectivity index is 2.17. The van der Waals surface area contributed by atoms with E-state index < -0.39 is 29.8 Å². The van der Waals surface area contributed by atoms with Gasteiger partial charge in [0.2, 0.25) is 11.8 Å². The number of carbonyl (C=O) groups is 3. The highest BCUT2D eigenvalue weighted by atomic mass is 19.3. The van der Waals surface area contributed by atoms with Crippen molar-refractivity contribution >= 4 is 17.7 Å². The first-order valence-electron chi connectivity index (χ1n) is 11.8. The fraction of sp³-hybridized carbons (Fsp3) is 0.640. The zero-order valence-corrected chi connectivity index (χ0v) is 20.8. The van der Waals surface area contributed by atoms with Crippen LogP contribution in [0.4, 0.5) is 8.78 Å². The van der Waals surface area contributed by atoms with Gasteiger partial charge < -0.3 is 20.4 Å². The molecule has 1 aliphatic rings. The van der Waals surface area contributed by atoms with Gasteiger partial charge in [0.25, 0.3) is 5.91 Å². The van der Waals surface area contributed by atoms with Crippen LogP contribution >= 0.6 is 0 Å². The molecule has 1 saturated heterocycles. The van der Waals surface area contributed by atoms with Crippen molar-refractivity contribution in [3.63, 3.8) is 0 Å². The summed E-state index contributed by atoms with van der Waals surface area (Å²) in [7, 11) is 1.67. The number of rotatable bonds is 10. The molecule has 0 spiro atoms. The van der Waals surface area contributed by atoms with E-state index >= 15 is 0 Å². The number of benzene rings is 1. The van der Waals surface area contributed by atoms with Crippen LogP contribution in [0, 0.1) is 5.41 Å². The van der Waals surface area contributed by atoms with Gasteiger partial charge in [-0.15, -0.1) is 0 Å². The van der Waals surface area contributed by atoms with Crippen molar-refractivity contribution in [3.05, 3.63) is 35.9 Å². The second-order valence-corrected chi connectivity index (χ2v) is 9.97. The summed E-state index contributed by atoms with van der Waals surface area (Å²) in [5, 5.41) is 5.72. The molecule has 0 unspecified atom stereocenters. The Bertz CT molecular complexity index is 829. The van der Waals surface area contributed by atoms with Gasteiger partial charge >= 0.3 is 6.43 Å². The average Bonchev–Trinajstić information content (AvgIpc) is 3.26. The fourth-order valence-electron chi connectivity index (χ4n) is 4.12. The maximum Gasteiger partial charge on any atom is 0.315 e. The largest absolute Gasteiger partial charge is 0.342 e. The molecule has 34 heavy (non-hydrogen) atoms. The summed E-state index contributed by atoms with van der Waals surface area (Å²) in [5.41, 5.74) is 0.391. The summed E-state index contributed by atoms with van der Waals surface area (Å²) in [5.74, 6) is -1.76. The van der Waals surface area contributed by atoms with Crippen LogP contribution in [0.3, 0.4) is 0 Å². The topological polar surface area (TPSA) is 81.8 Å². The molecule has 1 heterocycles. The molecule has 0 radical (unpaired) electrons. The third-order valence-electron chi connectivity index (χ3n) is 6.33. The van der Waals surface area contributed by atoms with Crippen LogP contribution in [-0.2, 0) is 20.8 Å². The number of likely N-dealkylation sites (N-methyl/N-ethyl adjacent to an activating group) is 1. The van der Waals surface area contributed by atoms with E-state index in [1.807, 2.05) is 51.1 Å². The lowest BCUT2D eigenvalue weighted by atomic mass is 9.85. The van der Waals surface area contributed by atoms with Gasteiger partial charge in [-0.3, -0.25) is 14.4 Å². The number of hydrogen-bond acceptors (Lipinski definition) is 4. The Morgan fingerprint density at radius 2 is 1.82 bits per heavy atom. The molecule has 3 atom stereocenters. The van der Waals surface area contributed by atoms with Crippen LogP contribution in [0.1, 0.15) is 46.1 Å². The molecule has 3 amide bonds. The minimum Gasteiger partial charge on any atom is -0.342 e. The molecule has 0 aliphatic carbocycles. The molecule has 0 bridgehead atoms. The predicted octanol–water partition coefficient (Wildman–Crippen LogP) is 2.45. The van der Waals surface area contributed by atoms with Crippen molar-refractivity contribution in [3.8, 4) is 0 Å². The Labute approximate surface area is 201 Å². The minimum atomic E-state index is -3.11. The standard InChI is InChI=1S/C25H38F2N4O3/c1-17(28-5)22(32)29-20(25(2,3)4)23(33)31-14-9-12-19(31)16-30(24(34)21(26)27)15-13-18-10-7-6-8-11-18/h6-8,10-11,17,19-21,28H,9,12-16H2,1-5H3,(H,29,32)/t17-,19-,20+/m0/s1. The van der Waals surface area contributed by atoms with Crippen molar-refractivity contribution in [2.24, 2.45) is 5.41 Å². The molecule has 7 nitrogen and oxygen atoms in total. The van der Waals surface area contributed by atoms with Crippen LogP contribution in [-0.4, -0.2) is 78.8 Å². The maximum atomic E-state index is 13.6. The van der Waals surface area contributed by atoms with Crippen LogP contribution in [0.5, 0.6) is 0 Å². The van der Waals surface area contributed by atoms with Crippen molar-refractivity contribution < 1.29 is 23.2 Å². The number of amides is 3. The summed E-state index contributed by atoms with van der Waals surface area (Å²) in [6, 6.07) is 7.75. The summed E-state index contributed by atoms with van der Waals surface area (Å²) in [6.07, 6.45) is -1.33. The van der Waals surface area contributed by atoms with Crippen molar-refractivity contribution in [1.29, 1.82) is 0 Å². The lowest BCUT2D eigenvalue weighted by Crippen LogP contribution is -2.59. The molecule has 2 N–H and O–H groups in total. The van der Waals surface area contributed by atoms with E-state index in [-0.39, 0.29) is 30.9 Å². The van der Waals surface area contributed by atoms with Crippen molar-refractivity contribution in [2.75, 3.05) is 26.7 Å². The van der Waals surface area contributed by atoms with Crippen LogP contribution in [0.15, 0.2) is 30.3 Å². The number of likely N-dealkylation sites (tertiary alicyclic amines) is 1. The molecule has 190 valence electrons. The number of alkyl halides is 2. The molecule has 0 aromatic heterocycles. The van der Waals surface area contributed by atoms with E-state index in [9.17, 15) is 23.2 Å². The number of hydrogen-bond donors (Lipinski definition) is 2. The van der Waals surface area contributed by atoms with E-state index in [1.165, 1.54) is 4.90 Å². The summed E-state index contributed by atoms with van der Waals surface area (Å²) >= 11 is 0. The quantitative estimate of drug-likeness (QED) is 0.539. The predicted molar refractivity (Wildman–Crippen MR) is 127 cm³/mol. The maximum absolute atomic E-state index is 13.6. The van der Waals surface area contributed by atoms with E-state index in [4.69, 9.17) is 0 Å². The molecule has 0 saturated carbocycles. The van der Waals surface area contributed by atoms with Gasteiger partial charge in [-0.05, 0) is 44.2 Å². The lowest BCUT2D eigenvalue weighted by molar-refractivity contribution is -0.146. The summed E-state index contributed by atoms with van der Waals surface area (Å²) in [4.78, 5) is 41.2. The average molecular weight is 481 g/mol. The third-order valence-corrected chi connectivity index (χ3v) is 6.33. The van der Waals surface area contributed by atoms with E-state index in [1.54, 1.807) is 18.9 Å². The van der Waals surface area contributed by atoms with Gasteiger partial charge in [0.1, 0.15) is 6.04 Å². The number of nitrogens with one attached hydrogen (secondary N) is 2. The SMILES string of the molecule is CN[C@@H](C)C(=O)N[C@H](C(=O)N1CCC[C@H]1CN(CCc1ccccc1)C(=O)C(F)F)C(C)(C)C. The number of nitrogens with zero attached hydrogens (tertiary/aromatic N) is 2. The zero-order chi connectivity index (χ0) is 25.5. The first-order valence-corrected chi connectivity index (χ1v) is 11.8. The smallest absolute Gasteiger partial charge is 0.315 e. The molecule has 1 fully saturated rings. The highest BCUT2D eigenvalue weighted by molar-refractivity contribution is 5.90. The minimum absolute atomic E-state index is 0.0411. The molecule has 1 aliphatic heterocycles. The van der Waals surface area contributed by atoms with E-state index in [0.29, 0.717) is 25.8 Å². The Hall–Kier alpha value is -2.55. The fourth-order valence-corrected chi connectivity index (χ4v) is 4.12. The molecule has 9 heteroatoms. The van der Waals surface area contributed by atoms with Crippen LogP contribution < -0.4 is 10.6 Å². The lowest BCUT2D eigenvalue weighted by Gasteiger charge is -2.37. The highest BCUT2D eigenvalue weighted by Gasteiger charge is 2.41. The molecule has 2 rings (SSSR count). The van der Waals surface area contributed by atoms with Crippen LogP contribution in [0.2, 0.25) is 0 Å². The van der Waals surface area contributed by atoms with Gasteiger partial charge in [0.15, 0.2) is 0 Å². The van der Waals surface area contributed by atoms with E-state index in [2.05, 4.69) is 10.6 Å². The monoisotopic (exact) mass is 480 g/mol. The molecular weight excluding hydrogens is 442 g/mol. The Morgan fingerprint density at radius 3 is 2.38 bits per heavy atom. The highest BCUT2D eigenvalue weighted by Crippen LogP contribution is 2.26. The van der Waals surface area contributed by atoms with Gasteiger partial charge in [-0.2, -0.15) is 8.78 Å². The van der Waals surface area contributed by atoms with Gasteiger partial charge in [-0.25, -0.2) is 0 Å². The Kier molecular flexibility index (Phi) is 9.97.